The van der Waals surface area contributed by atoms with Crippen LogP contribution < -0.4 is 10.0 Å². The van der Waals surface area contributed by atoms with E-state index in [-0.39, 0.29) is 28.8 Å². The summed E-state index contributed by atoms with van der Waals surface area (Å²) in [4.78, 5) is 12.8. The standard InChI is InChI=1S/C24H32N2O5S/c1-13(2)17-7-6-8-18(14(3)4)21(17)25-23(27)26-32(29,30)20-12-19-22(31-20)15-9-10-16(11-15)24(19,5)28/h6-8,12-16,28H,9-11H2,1-5H3,(H2,25,26,27). The smallest absolute Gasteiger partial charge is 0.333 e. The molecule has 1 fully saturated rings. The van der Waals surface area contributed by atoms with Crippen LogP contribution in [0.3, 0.4) is 0 Å². The van der Waals surface area contributed by atoms with Crippen molar-refractivity contribution >= 4 is 21.7 Å². The predicted molar refractivity (Wildman–Crippen MR) is 122 cm³/mol. The van der Waals surface area contributed by atoms with Crippen LogP contribution in [0.1, 0.15) is 94.1 Å². The van der Waals surface area contributed by atoms with Gasteiger partial charge in [0.2, 0.25) is 5.09 Å². The van der Waals surface area contributed by atoms with E-state index in [0.717, 1.165) is 30.4 Å². The Hall–Kier alpha value is -2.32. The molecule has 8 heteroatoms. The van der Waals surface area contributed by atoms with Gasteiger partial charge in [-0.05, 0) is 55.1 Å². The number of furan rings is 1. The van der Waals surface area contributed by atoms with Gasteiger partial charge in [0, 0.05) is 23.2 Å². The molecule has 7 nitrogen and oxygen atoms in total. The molecule has 2 aromatic rings. The van der Waals surface area contributed by atoms with Crippen molar-refractivity contribution in [2.75, 3.05) is 5.32 Å². The third kappa shape index (κ3) is 3.83. The Morgan fingerprint density at radius 1 is 1.16 bits per heavy atom. The van der Waals surface area contributed by atoms with Gasteiger partial charge in [-0.3, -0.25) is 0 Å². The molecule has 3 atom stereocenters. The highest BCUT2D eigenvalue weighted by Gasteiger charge is 2.49. The largest absolute Gasteiger partial charge is 0.447 e. The summed E-state index contributed by atoms with van der Waals surface area (Å²) in [5.41, 5.74) is 1.88. The van der Waals surface area contributed by atoms with Crippen LogP contribution in [0, 0.1) is 5.92 Å². The molecular weight excluding hydrogens is 428 g/mol. The maximum Gasteiger partial charge on any atom is 0.333 e. The van der Waals surface area contributed by atoms with Crippen molar-refractivity contribution in [1.29, 1.82) is 0 Å². The van der Waals surface area contributed by atoms with Gasteiger partial charge in [-0.25, -0.2) is 9.52 Å². The highest BCUT2D eigenvalue weighted by Crippen LogP contribution is 2.55. The van der Waals surface area contributed by atoms with Crippen molar-refractivity contribution in [3.63, 3.8) is 0 Å². The summed E-state index contributed by atoms with van der Waals surface area (Å²) in [6.07, 6.45) is 2.53. The molecule has 174 valence electrons. The van der Waals surface area contributed by atoms with Crippen molar-refractivity contribution in [2.24, 2.45) is 5.92 Å². The van der Waals surface area contributed by atoms with Crippen LogP contribution in [0.2, 0.25) is 0 Å². The number of nitrogens with one attached hydrogen (secondary N) is 2. The number of hydrogen-bond donors (Lipinski definition) is 3. The number of amides is 2. The molecule has 3 unspecified atom stereocenters. The Morgan fingerprint density at radius 3 is 2.38 bits per heavy atom. The van der Waals surface area contributed by atoms with Crippen LogP contribution in [0.4, 0.5) is 10.5 Å². The first-order chi connectivity index (χ1) is 14.9. The average molecular weight is 461 g/mol. The zero-order valence-corrected chi connectivity index (χ0v) is 20.0. The van der Waals surface area contributed by atoms with E-state index in [1.165, 1.54) is 6.07 Å². The first-order valence-corrected chi connectivity index (χ1v) is 12.7. The number of rotatable bonds is 5. The van der Waals surface area contributed by atoms with Gasteiger partial charge in [0.15, 0.2) is 0 Å². The summed E-state index contributed by atoms with van der Waals surface area (Å²) in [6.45, 7) is 9.79. The second kappa shape index (κ2) is 7.92. The van der Waals surface area contributed by atoms with Gasteiger partial charge in [-0.1, -0.05) is 45.9 Å². The number of benzene rings is 1. The number of anilines is 1. The minimum absolute atomic E-state index is 0.0893. The lowest BCUT2D eigenvalue weighted by Crippen LogP contribution is -2.35. The molecular formula is C24H32N2O5S. The van der Waals surface area contributed by atoms with Crippen molar-refractivity contribution in [1.82, 2.24) is 4.72 Å². The fraction of sp³-hybridized carbons (Fsp3) is 0.542. The highest BCUT2D eigenvalue weighted by molar-refractivity contribution is 7.89. The monoisotopic (exact) mass is 460 g/mol. The Kier molecular flexibility index (Phi) is 5.66. The number of para-hydroxylation sites is 1. The molecule has 2 aliphatic rings. The quantitative estimate of drug-likeness (QED) is 0.572. The lowest BCUT2D eigenvalue weighted by atomic mass is 9.76. The first-order valence-electron chi connectivity index (χ1n) is 11.2. The molecule has 3 N–H and O–H groups in total. The van der Waals surface area contributed by atoms with Gasteiger partial charge < -0.3 is 14.8 Å². The molecule has 0 spiro atoms. The van der Waals surface area contributed by atoms with Crippen molar-refractivity contribution < 1.29 is 22.7 Å². The molecule has 2 bridgehead atoms. The molecule has 1 aromatic heterocycles. The molecule has 2 amide bonds. The molecule has 0 radical (unpaired) electrons. The van der Waals surface area contributed by atoms with E-state index in [2.05, 4.69) is 10.0 Å². The third-order valence-corrected chi connectivity index (χ3v) is 8.17. The summed E-state index contributed by atoms with van der Waals surface area (Å²) in [5, 5.41) is 13.4. The number of hydrogen-bond acceptors (Lipinski definition) is 5. The van der Waals surface area contributed by atoms with Crippen LogP contribution in [-0.2, 0) is 15.6 Å². The van der Waals surface area contributed by atoms with Gasteiger partial charge in [0.25, 0.3) is 10.0 Å². The Bertz CT molecular complexity index is 1120. The topological polar surface area (TPSA) is 109 Å². The summed E-state index contributed by atoms with van der Waals surface area (Å²) in [6, 6.07) is 6.33. The number of carbonyl (C=O) groups is 1. The van der Waals surface area contributed by atoms with Crippen LogP contribution in [0.25, 0.3) is 0 Å². The highest BCUT2D eigenvalue weighted by atomic mass is 32.2. The minimum atomic E-state index is -4.25. The summed E-state index contributed by atoms with van der Waals surface area (Å²) < 4.78 is 33.7. The van der Waals surface area contributed by atoms with Crippen molar-refractivity contribution in [3.8, 4) is 0 Å². The van der Waals surface area contributed by atoms with Gasteiger partial charge in [-0.15, -0.1) is 0 Å². The van der Waals surface area contributed by atoms with Gasteiger partial charge >= 0.3 is 6.03 Å². The van der Waals surface area contributed by atoms with Crippen LogP contribution in [0.5, 0.6) is 0 Å². The van der Waals surface area contributed by atoms with Crippen molar-refractivity contribution in [3.05, 3.63) is 46.7 Å². The van der Waals surface area contributed by atoms with Gasteiger partial charge in [0.1, 0.15) is 5.76 Å². The number of urea groups is 1. The van der Waals surface area contributed by atoms with E-state index in [1.807, 2.05) is 45.9 Å². The maximum atomic E-state index is 13.0. The molecule has 32 heavy (non-hydrogen) atoms. The SMILES string of the molecule is CC(C)c1cccc(C(C)C)c1NC(=O)NS(=O)(=O)c1cc2c(o1)C1CCC(C1)C2(C)O. The molecule has 1 heterocycles. The zero-order valence-electron chi connectivity index (χ0n) is 19.2. The number of aliphatic hydroxyl groups is 1. The second-order valence-electron chi connectivity index (χ2n) is 9.88. The van der Waals surface area contributed by atoms with Crippen molar-refractivity contribution in [2.45, 2.75) is 82.3 Å². The fourth-order valence-electron chi connectivity index (χ4n) is 5.17. The second-order valence-corrected chi connectivity index (χ2v) is 11.5. The number of carbonyl (C=O) groups excluding carboxylic acids is 1. The average Bonchev–Trinajstić information content (AvgIpc) is 3.33. The van der Waals surface area contributed by atoms with E-state index in [9.17, 15) is 18.3 Å². The predicted octanol–water partition coefficient (Wildman–Crippen LogP) is 5.14. The summed E-state index contributed by atoms with van der Waals surface area (Å²) in [5.74, 6) is 1.02. The van der Waals surface area contributed by atoms with Crippen LogP contribution in [0.15, 0.2) is 33.8 Å². The maximum absolute atomic E-state index is 13.0. The molecule has 1 aromatic carbocycles. The Balaban J connectivity index is 1.60. The lowest BCUT2D eigenvalue weighted by molar-refractivity contribution is -0.0115. The molecule has 0 saturated heterocycles. The molecule has 4 rings (SSSR count). The first kappa shape index (κ1) is 22.9. The summed E-state index contributed by atoms with van der Waals surface area (Å²) in [7, 11) is -4.25. The summed E-state index contributed by atoms with van der Waals surface area (Å²) >= 11 is 0. The molecule has 1 saturated carbocycles. The van der Waals surface area contributed by atoms with E-state index < -0.39 is 21.7 Å². The third-order valence-electron chi connectivity index (χ3n) is 6.99. The fourth-order valence-corrected chi connectivity index (χ4v) is 6.04. The Morgan fingerprint density at radius 2 is 1.78 bits per heavy atom. The normalized spacial score (nSPS) is 24.6. The van der Waals surface area contributed by atoms with Gasteiger partial charge in [0.05, 0.1) is 5.60 Å². The molecule has 2 aliphatic carbocycles. The van der Waals surface area contributed by atoms with E-state index in [0.29, 0.717) is 17.0 Å². The molecule has 0 aliphatic heterocycles. The minimum Gasteiger partial charge on any atom is -0.447 e. The van der Waals surface area contributed by atoms with Crippen LogP contribution >= 0.6 is 0 Å². The Labute approximate surface area is 189 Å². The number of fused-ring (bicyclic) bond motifs is 4. The van der Waals surface area contributed by atoms with E-state index in [1.54, 1.807) is 6.92 Å². The van der Waals surface area contributed by atoms with E-state index >= 15 is 0 Å². The van der Waals surface area contributed by atoms with Gasteiger partial charge in [-0.2, -0.15) is 8.42 Å². The lowest BCUT2D eigenvalue weighted by Gasteiger charge is -2.33. The van der Waals surface area contributed by atoms with E-state index in [4.69, 9.17) is 4.42 Å². The zero-order chi connectivity index (χ0) is 23.4. The number of sulfonamides is 1. The van der Waals surface area contributed by atoms with Crippen LogP contribution in [-0.4, -0.2) is 19.6 Å².